The molecule has 12 nitrogen and oxygen atoms in total. The van der Waals surface area contributed by atoms with Crippen molar-refractivity contribution in [2.75, 3.05) is 48.0 Å². The monoisotopic (exact) mass is 682 g/mol. The summed E-state index contributed by atoms with van der Waals surface area (Å²) in [7, 11) is -3.38. The Bertz CT molecular complexity index is 1640. The number of anilines is 3. The van der Waals surface area contributed by atoms with E-state index in [4.69, 9.17) is 26.1 Å². The Kier molecular flexibility index (Phi) is 11.9. The maximum atomic E-state index is 11.5. The highest BCUT2D eigenvalue weighted by molar-refractivity contribution is 7.92. The number of nitrogens with one attached hydrogen (secondary N) is 4. The zero-order valence-electron chi connectivity index (χ0n) is 26.8. The molecule has 0 radical (unpaired) electrons. The molecule has 1 aliphatic carbocycles. The number of rotatable bonds is 14. The van der Waals surface area contributed by atoms with E-state index < -0.39 is 15.4 Å². The third kappa shape index (κ3) is 10.5. The van der Waals surface area contributed by atoms with Gasteiger partial charge in [-0.1, -0.05) is 23.7 Å². The van der Waals surface area contributed by atoms with Crippen LogP contribution in [0.2, 0.25) is 5.02 Å². The van der Waals surface area contributed by atoms with Gasteiger partial charge in [0, 0.05) is 49.6 Å². The molecule has 2 fully saturated rings. The van der Waals surface area contributed by atoms with Crippen molar-refractivity contribution in [3.63, 3.8) is 0 Å². The Morgan fingerprint density at radius 1 is 1.06 bits per heavy atom. The van der Waals surface area contributed by atoms with Crippen molar-refractivity contribution in [3.8, 4) is 17.3 Å². The summed E-state index contributed by atoms with van der Waals surface area (Å²) in [5, 5.41) is 20.9. The first-order chi connectivity index (χ1) is 22.6. The van der Waals surface area contributed by atoms with E-state index in [1.165, 1.54) is 0 Å². The molecule has 0 aromatic carbocycles. The molecule has 5 rings (SSSR count). The summed E-state index contributed by atoms with van der Waals surface area (Å²) in [6, 6.07) is 16.2. The van der Waals surface area contributed by atoms with E-state index in [2.05, 4.69) is 43.6 Å². The van der Waals surface area contributed by atoms with Gasteiger partial charge in [0.05, 0.1) is 47.4 Å². The van der Waals surface area contributed by atoms with Gasteiger partial charge < -0.3 is 25.4 Å². The standard InChI is InChI=1S/C33H43ClN8O4S/c1-23(19-46-20-26-5-3-8-31(40-26)42-47(2,43)44)38-24-9-11-25(12-10-24)39-32-17-27(28(34)18-36-32)29-6-4-7-30(41-29)37-22-33(21-35)13-15-45-16-14-33/h3-8,17-18,23-25,38H,9-16,19-20,22H2,1-2H3,(H,36,39)(H,37,41)(H,40,42)/t23-,24?,25?/m0/s1. The molecule has 0 bridgehead atoms. The number of nitrogens with zero attached hydrogens (tertiary/aromatic N) is 4. The lowest BCUT2D eigenvalue weighted by molar-refractivity contribution is 0.0455. The Balaban J connectivity index is 1.07. The SMILES string of the molecule is C[C@@H](COCc1cccc(NS(C)(=O)=O)n1)NC1CCC(Nc2cc(-c3cccc(NCC4(C#N)CCOCC4)n3)c(Cl)cn2)CC1. The summed E-state index contributed by atoms with van der Waals surface area (Å²) in [5.41, 5.74) is 1.75. The van der Waals surface area contributed by atoms with Crippen molar-refractivity contribution in [3.05, 3.63) is 59.4 Å². The minimum atomic E-state index is -3.38. The zero-order chi connectivity index (χ0) is 33.3. The molecule has 2 aliphatic rings. The van der Waals surface area contributed by atoms with E-state index in [0.29, 0.717) is 74.4 Å². The third-order valence-electron chi connectivity index (χ3n) is 8.49. The molecule has 3 aromatic rings. The molecule has 1 aliphatic heterocycles. The average Bonchev–Trinajstić information content (AvgIpc) is 3.05. The van der Waals surface area contributed by atoms with Crippen LogP contribution in [-0.4, -0.2) is 74.1 Å². The fourth-order valence-corrected chi connectivity index (χ4v) is 6.65. The second kappa shape index (κ2) is 16.0. The summed E-state index contributed by atoms with van der Waals surface area (Å²) in [6.45, 7) is 4.63. The number of halogens is 1. The van der Waals surface area contributed by atoms with Crippen LogP contribution < -0.4 is 20.7 Å². The molecule has 1 saturated carbocycles. The van der Waals surface area contributed by atoms with Gasteiger partial charge in [-0.05, 0) is 75.8 Å². The normalized spacial score (nSPS) is 20.1. The fraction of sp³-hybridized carbons (Fsp3) is 0.515. The molecule has 14 heteroatoms. The minimum absolute atomic E-state index is 0.155. The van der Waals surface area contributed by atoms with Gasteiger partial charge >= 0.3 is 0 Å². The van der Waals surface area contributed by atoms with Crippen molar-refractivity contribution in [2.45, 2.75) is 70.2 Å². The molecule has 3 aromatic heterocycles. The quantitative estimate of drug-likeness (QED) is 0.176. The van der Waals surface area contributed by atoms with Gasteiger partial charge in [-0.2, -0.15) is 5.26 Å². The van der Waals surface area contributed by atoms with Crippen LogP contribution in [0.25, 0.3) is 11.3 Å². The molecule has 252 valence electrons. The van der Waals surface area contributed by atoms with Gasteiger partial charge in [0.15, 0.2) is 0 Å². The lowest BCUT2D eigenvalue weighted by Gasteiger charge is -2.32. The first kappa shape index (κ1) is 34.8. The summed E-state index contributed by atoms with van der Waals surface area (Å²) in [6.07, 6.45) is 8.21. The summed E-state index contributed by atoms with van der Waals surface area (Å²) in [4.78, 5) is 13.6. The molecule has 1 saturated heterocycles. The average molecular weight is 683 g/mol. The van der Waals surface area contributed by atoms with Gasteiger partial charge in [0.1, 0.15) is 17.5 Å². The lowest BCUT2D eigenvalue weighted by atomic mass is 9.82. The lowest BCUT2D eigenvalue weighted by Crippen LogP contribution is -2.43. The molecular formula is C33H43ClN8O4S. The second-order valence-corrected chi connectivity index (χ2v) is 14.6. The number of aromatic nitrogens is 3. The topological polar surface area (TPSA) is 163 Å². The van der Waals surface area contributed by atoms with E-state index in [0.717, 1.165) is 49.0 Å². The third-order valence-corrected chi connectivity index (χ3v) is 9.37. The minimum Gasteiger partial charge on any atom is -0.381 e. The van der Waals surface area contributed by atoms with Crippen LogP contribution in [0.3, 0.4) is 0 Å². The van der Waals surface area contributed by atoms with Crippen LogP contribution >= 0.6 is 11.6 Å². The Morgan fingerprint density at radius 3 is 2.53 bits per heavy atom. The summed E-state index contributed by atoms with van der Waals surface area (Å²) >= 11 is 6.58. The van der Waals surface area contributed by atoms with Gasteiger partial charge in [0.25, 0.3) is 0 Å². The van der Waals surface area contributed by atoms with Gasteiger partial charge in [-0.3, -0.25) is 4.72 Å². The second-order valence-electron chi connectivity index (χ2n) is 12.5. The fourth-order valence-electron chi connectivity index (χ4n) is 5.96. The molecule has 0 spiro atoms. The number of sulfonamides is 1. The molecule has 0 unspecified atom stereocenters. The van der Waals surface area contributed by atoms with E-state index in [1.54, 1.807) is 18.3 Å². The number of pyridine rings is 3. The molecule has 47 heavy (non-hydrogen) atoms. The van der Waals surface area contributed by atoms with E-state index in [-0.39, 0.29) is 11.9 Å². The van der Waals surface area contributed by atoms with Crippen molar-refractivity contribution in [1.29, 1.82) is 5.26 Å². The maximum absolute atomic E-state index is 11.5. The summed E-state index contributed by atoms with van der Waals surface area (Å²) < 4.78 is 36.6. The van der Waals surface area contributed by atoms with Crippen molar-refractivity contribution < 1.29 is 17.9 Å². The van der Waals surface area contributed by atoms with Crippen LogP contribution in [0.15, 0.2) is 48.7 Å². The highest BCUT2D eigenvalue weighted by Gasteiger charge is 2.32. The molecular weight excluding hydrogens is 640 g/mol. The number of ether oxygens (including phenoxy) is 2. The zero-order valence-corrected chi connectivity index (χ0v) is 28.4. The number of nitriles is 1. The highest BCUT2D eigenvalue weighted by atomic mass is 35.5. The number of hydrogen-bond donors (Lipinski definition) is 4. The first-order valence-electron chi connectivity index (χ1n) is 16.0. The smallest absolute Gasteiger partial charge is 0.230 e. The Morgan fingerprint density at radius 2 is 1.79 bits per heavy atom. The Labute approximate surface area is 282 Å². The van der Waals surface area contributed by atoms with E-state index >= 15 is 0 Å². The van der Waals surface area contributed by atoms with E-state index in [1.807, 2.05) is 30.3 Å². The van der Waals surface area contributed by atoms with Crippen molar-refractivity contribution in [2.24, 2.45) is 5.41 Å². The van der Waals surface area contributed by atoms with Crippen LogP contribution in [-0.2, 0) is 26.1 Å². The Hall–Kier alpha value is -3.54. The van der Waals surface area contributed by atoms with Crippen LogP contribution in [0, 0.1) is 16.7 Å². The largest absolute Gasteiger partial charge is 0.381 e. The van der Waals surface area contributed by atoms with Crippen molar-refractivity contribution >= 4 is 39.1 Å². The first-order valence-corrected chi connectivity index (χ1v) is 18.3. The van der Waals surface area contributed by atoms with Crippen LogP contribution in [0.5, 0.6) is 0 Å². The molecule has 0 amide bonds. The van der Waals surface area contributed by atoms with Crippen LogP contribution in [0.1, 0.15) is 51.1 Å². The predicted molar refractivity (Wildman–Crippen MR) is 184 cm³/mol. The van der Waals surface area contributed by atoms with Crippen molar-refractivity contribution in [1.82, 2.24) is 20.3 Å². The van der Waals surface area contributed by atoms with Gasteiger partial charge in [-0.15, -0.1) is 0 Å². The molecule has 4 heterocycles. The maximum Gasteiger partial charge on any atom is 0.230 e. The summed E-state index contributed by atoms with van der Waals surface area (Å²) in [5.74, 6) is 1.74. The van der Waals surface area contributed by atoms with Gasteiger partial charge in [0.2, 0.25) is 10.0 Å². The number of hydrogen-bond acceptors (Lipinski definition) is 11. The molecule has 4 N–H and O–H groups in total. The highest BCUT2D eigenvalue weighted by Crippen LogP contribution is 2.32. The van der Waals surface area contributed by atoms with E-state index in [9.17, 15) is 13.7 Å². The predicted octanol–water partition coefficient (Wildman–Crippen LogP) is 5.21. The molecule has 1 atom stereocenters. The van der Waals surface area contributed by atoms with Crippen LogP contribution in [0.4, 0.5) is 17.5 Å². The van der Waals surface area contributed by atoms with Gasteiger partial charge in [-0.25, -0.2) is 23.4 Å².